The number of rotatable bonds is 11. The Morgan fingerprint density at radius 1 is 1.21 bits per heavy atom. The molecule has 0 aromatic heterocycles. The molecule has 19 heavy (non-hydrogen) atoms. The van der Waals surface area contributed by atoms with Crippen molar-refractivity contribution >= 4 is 11.9 Å². The summed E-state index contributed by atoms with van der Waals surface area (Å²) in [6, 6.07) is -0.785. The zero-order valence-corrected chi connectivity index (χ0v) is 14.4. The van der Waals surface area contributed by atoms with Crippen LogP contribution in [0, 0.1) is 0 Å². The second-order valence-electron chi connectivity index (χ2n) is 4.46. The van der Waals surface area contributed by atoms with Gasteiger partial charge in [0.25, 0.3) is 0 Å². The largest absolute Gasteiger partial charge is 1.00 e. The first kappa shape index (κ1) is 21.2. The minimum absolute atomic E-state index is 0. The fourth-order valence-corrected chi connectivity index (χ4v) is 1.99. The van der Waals surface area contributed by atoms with Crippen molar-refractivity contribution in [1.29, 1.82) is 0 Å². The van der Waals surface area contributed by atoms with Crippen molar-refractivity contribution in [3.05, 3.63) is 0 Å². The topological polar surface area (TPSA) is 80.7 Å². The molecule has 0 amide bonds. The van der Waals surface area contributed by atoms with Gasteiger partial charge in [-0.25, -0.2) is 0 Å². The molecule has 0 heterocycles. The van der Waals surface area contributed by atoms with Crippen molar-refractivity contribution in [2.75, 3.05) is 13.1 Å². The molecular weight excluding hydrogens is 257 g/mol. The monoisotopic (exact) mass is 281 g/mol. The Morgan fingerprint density at radius 3 is 2.26 bits per heavy atom. The van der Waals surface area contributed by atoms with Crippen LogP contribution >= 0.6 is 0 Å². The number of nitrogens with zero attached hydrogens (tertiary/aromatic N) is 1. The van der Waals surface area contributed by atoms with E-state index < -0.39 is 18.0 Å². The van der Waals surface area contributed by atoms with E-state index in [1.165, 1.54) is 0 Å². The van der Waals surface area contributed by atoms with E-state index in [2.05, 4.69) is 6.92 Å². The van der Waals surface area contributed by atoms with Gasteiger partial charge in [-0.05, 0) is 25.9 Å². The second kappa shape index (κ2) is 12.9. The summed E-state index contributed by atoms with van der Waals surface area (Å²) < 4.78 is 0. The van der Waals surface area contributed by atoms with Crippen molar-refractivity contribution in [2.24, 2.45) is 0 Å². The number of carbonyl (C=O) groups excluding carboxylic acids is 1. The van der Waals surface area contributed by atoms with E-state index in [4.69, 9.17) is 5.11 Å². The van der Waals surface area contributed by atoms with Crippen LogP contribution in [0.3, 0.4) is 0 Å². The molecule has 0 unspecified atom stereocenters. The van der Waals surface area contributed by atoms with Crippen molar-refractivity contribution in [3.63, 3.8) is 0 Å². The van der Waals surface area contributed by atoms with Crippen LogP contribution in [0.2, 0.25) is 0 Å². The van der Waals surface area contributed by atoms with Gasteiger partial charge in [0.2, 0.25) is 0 Å². The number of carboxylic acids is 2. The molecule has 0 rings (SSSR count). The van der Waals surface area contributed by atoms with Gasteiger partial charge in [-0.15, -0.1) is 0 Å². The van der Waals surface area contributed by atoms with Crippen LogP contribution in [0.5, 0.6) is 0 Å². The van der Waals surface area contributed by atoms with Crippen LogP contribution in [-0.2, 0) is 9.59 Å². The molecule has 106 valence electrons. The van der Waals surface area contributed by atoms with Crippen LogP contribution in [0.25, 0.3) is 0 Å². The first-order valence-electron chi connectivity index (χ1n) is 6.69. The van der Waals surface area contributed by atoms with Gasteiger partial charge < -0.3 is 15.0 Å². The standard InChI is InChI=1S/C13H25NO4.Na/c1-3-5-6-7-10-14(4-2)11(13(17)18)8-9-12(15)16;/h11H,3-10H2,1-2H3,(H,15,16)(H,17,18);/q;+1/p-1/t11-;/m0./s1. The molecule has 0 saturated carbocycles. The molecule has 6 heteroatoms. The Balaban J connectivity index is 0. The van der Waals surface area contributed by atoms with Gasteiger partial charge in [0.1, 0.15) is 0 Å². The maximum absolute atomic E-state index is 11.1. The predicted molar refractivity (Wildman–Crippen MR) is 67.1 cm³/mol. The summed E-state index contributed by atoms with van der Waals surface area (Å²) in [6.45, 7) is 5.30. The van der Waals surface area contributed by atoms with Crippen LogP contribution < -0.4 is 34.7 Å². The molecule has 0 aromatic rings. The zero-order chi connectivity index (χ0) is 14.0. The van der Waals surface area contributed by atoms with Gasteiger partial charge in [0.05, 0.1) is 5.97 Å². The van der Waals surface area contributed by atoms with Crippen molar-refractivity contribution in [1.82, 2.24) is 4.90 Å². The fraction of sp³-hybridized carbons (Fsp3) is 0.846. The maximum Gasteiger partial charge on any atom is 1.00 e. The number of aliphatic carboxylic acids is 2. The molecule has 0 spiro atoms. The molecule has 0 bridgehead atoms. The minimum Gasteiger partial charge on any atom is -0.548 e. The van der Waals surface area contributed by atoms with E-state index in [0.717, 1.165) is 25.7 Å². The second-order valence-corrected chi connectivity index (χ2v) is 4.46. The van der Waals surface area contributed by atoms with Gasteiger partial charge in [0, 0.05) is 12.5 Å². The number of hydrogen-bond donors (Lipinski definition) is 1. The van der Waals surface area contributed by atoms with Crippen LogP contribution in [-0.4, -0.2) is 41.1 Å². The molecule has 0 radical (unpaired) electrons. The normalized spacial score (nSPS) is 11.9. The third-order valence-electron chi connectivity index (χ3n) is 3.05. The number of likely N-dealkylation sites (N-methyl/N-ethyl adjacent to an activating group) is 1. The summed E-state index contributed by atoms with van der Waals surface area (Å²) in [4.78, 5) is 23.4. The summed E-state index contributed by atoms with van der Waals surface area (Å²) in [5, 5.41) is 19.7. The average molecular weight is 281 g/mol. The smallest absolute Gasteiger partial charge is 0.548 e. The van der Waals surface area contributed by atoms with Crippen molar-refractivity contribution in [2.45, 2.75) is 58.4 Å². The predicted octanol–water partition coefficient (Wildman–Crippen LogP) is -2.12. The first-order chi connectivity index (χ1) is 8.52. The van der Waals surface area contributed by atoms with Gasteiger partial charge in [0.15, 0.2) is 0 Å². The summed E-state index contributed by atoms with van der Waals surface area (Å²) in [7, 11) is 0. The molecule has 5 nitrogen and oxygen atoms in total. The third-order valence-corrected chi connectivity index (χ3v) is 3.05. The zero-order valence-electron chi connectivity index (χ0n) is 12.4. The summed E-state index contributed by atoms with van der Waals surface area (Å²) in [6.07, 6.45) is 4.27. The van der Waals surface area contributed by atoms with E-state index >= 15 is 0 Å². The minimum atomic E-state index is -1.17. The average Bonchev–Trinajstić information content (AvgIpc) is 2.31. The van der Waals surface area contributed by atoms with E-state index in [1.54, 1.807) is 4.90 Å². The van der Waals surface area contributed by atoms with Crippen molar-refractivity contribution < 1.29 is 49.4 Å². The molecule has 0 fully saturated rings. The quantitative estimate of drug-likeness (QED) is 0.346. The Kier molecular flexibility index (Phi) is 14.4. The Morgan fingerprint density at radius 2 is 1.84 bits per heavy atom. The maximum atomic E-state index is 11.1. The Labute approximate surface area is 137 Å². The molecule has 0 aliphatic carbocycles. The van der Waals surface area contributed by atoms with Crippen LogP contribution in [0.1, 0.15) is 52.4 Å². The Hall–Kier alpha value is -0.100. The molecule has 1 atom stereocenters. The number of carbonyl (C=O) groups is 2. The molecular formula is C13H24NNaO4. The van der Waals surface area contributed by atoms with Gasteiger partial charge in [-0.2, -0.15) is 0 Å². The molecule has 0 aromatic carbocycles. The summed E-state index contributed by atoms with van der Waals surface area (Å²) in [5.41, 5.74) is 0. The van der Waals surface area contributed by atoms with Gasteiger partial charge in [-0.3, -0.25) is 9.69 Å². The third kappa shape index (κ3) is 10.4. The number of unbranched alkanes of at least 4 members (excludes halogenated alkanes) is 3. The number of hydrogen-bond acceptors (Lipinski definition) is 4. The summed E-state index contributed by atoms with van der Waals surface area (Å²) >= 11 is 0. The summed E-state index contributed by atoms with van der Waals surface area (Å²) in [5.74, 6) is -2.14. The van der Waals surface area contributed by atoms with E-state index in [0.29, 0.717) is 13.1 Å². The molecule has 0 aliphatic heterocycles. The number of carboxylic acid groups (broad SMARTS) is 2. The molecule has 0 saturated heterocycles. The van der Waals surface area contributed by atoms with Crippen LogP contribution in [0.4, 0.5) is 0 Å². The van der Waals surface area contributed by atoms with Crippen LogP contribution in [0.15, 0.2) is 0 Å². The molecule has 1 N–H and O–H groups in total. The van der Waals surface area contributed by atoms with E-state index in [-0.39, 0.29) is 42.4 Å². The fourth-order valence-electron chi connectivity index (χ4n) is 1.99. The molecule has 0 aliphatic rings. The van der Waals surface area contributed by atoms with Crippen molar-refractivity contribution in [3.8, 4) is 0 Å². The SMILES string of the molecule is CCCCCCN(CC)[C@@H](CCC(=O)O)C(=O)[O-].[Na+]. The van der Waals surface area contributed by atoms with Gasteiger partial charge >= 0.3 is 35.5 Å². The first-order valence-corrected chi connectivity index (χ1v) is 6.69. The van der Waals surface area contributed by atoms with E-state index in [1.807, 2.05) is 6.92 Å². The Bertz CT molecular complexity index is 261. The van der Waals surface area contributed by atoms with Gasteiger partial charge in [-0.1, -0.05) is 33.1 Å². The van der Waals surface area contributed by atoms with E-state index in [9.17, 15) is 14.7 Å².